The van der Waals surface area contributed by atoms with Gasteiger partial charge in [-0.3, -0.25) is 9.59 Å². The SMILES string of the molecule is COc1nccnc1OC1CCC(NC(=O)C2CC(=O)N(c3ccc(Cl)cc3)C2)CC1. The molecule has 8 nitrogen and oxygen atoms in total. The number of carbonyl (C=O) groups excluding carboxylic acids is 2. The zero-order valence-electron chi connectivity index (χ0n) is 17.3. The van der Waals surface area contributed by atoms with Crippen LogP contribution in [-0.4, -0.2) is 47.6 Å². The van der Waals surface area contributed by atoms with Crippen LogP contribution in [0.4, 0.5) is 5.69 Å². The lowest BCUT2D eigenvalue weighted by atomic mass is 9.92. The number of methoxy groups -OCH3 is 1. The molecule has 4 rings (SSSR count). The molecule has 2 aliphatic rings. The zero-order chi connectivity index (χ0) is 21.8. The molecule has 1 aromatic heterocycles. The molecule has 1 aliphatic carbocycles. The second-order valence-electron chi connectivity index (χ2n) is 7.85. The van der Waals surface area contributed by atoms with Crippen molar-refractivity contribution in [3.63, 3.8) is 0 Å². The van der Waals surface area contributed by atoms with Gasteiger partial charge in [0.25, 0.3) is 11.8 Å². The first-order valence-corrected chi connectivity index (χ1v) is 10.8. The third-order valence-corrected chi connectivity index (χ3v) is 6.01. The van der Waals surface area contributed by atoms with Crippen molar-refractivity contribution >= 4 is 29.1 Å². The van der Waals surface area contributed by atoms with E-state index in [2.05, 4.69) is 15.3 Å². The van der Waals surface area contributed by atoms with Gasteiger partial charge in [0, 0.05) is 42.1 Å². The van der Waals surface area contributed by atoms with E-state index >= 15 is 0 Å². The lowest BCUT2D eigenvalue weighted by Crippen LogP contribution is -2.43. The van der Waals surface area contributed by atoms with Crippen LogP contribution in [0.25, 0.3) is 0 Å². The molecule has 0 bridgehead atoms. The molecule has 1 aromatic carbocycles. The molecule has 31 heavy (non-hydrogen) atoms. The lowest BCUT2D eigenvalue weighted by Gasteiger charge is -2.30. The minimum Gasteiger partial charge on any atom is -0.477 e. The Hall–Kier alpha value is -2.87. The number of aromatic nitrogens is 2. The van der Waals surface area contributed by atoms with Gasteiger partial charge < -0.3 is 19.7 Å². The van der Waals surface area contributed by atoms with Crippen LogP contribution in [0.2, 0.25) is 5.02 Å². The minimum absolute atomic E-state index is 0.00667. The number of carbonyl (C=O) groups is 2. The van der Waals surface area contributed by atoms with Gasteiger partial charge in [0.15, 0.2) is 0 Å². The summed E-state index contributed by atoms with van der Waals surface area (Å²) in [7, 11) is 1.53. The number of nitrogens with one attached hydrogen (secondary N) is 1. The number of hydrogen-bond donors (Lipinski definition) is 1. The fraction of sp³-hybridized carbons (Fsp3) is 0.455. The molecule has 1 atom stereocenters. The predicted octanol–water partition coefficient (Wildman–Crippen LogP) is 3.00. The summed E-state index contributed by atoms with van der Waals surface area (Å²) in [5, 5.41) is 3.74. The molecule has 2 heterocycles. The van der Waals surface area contributed by atoms with Crippen LogP contribution in [0, 0.1) is 5.92 Å². The number of amides is 2. The number of benzene rings is 1. The van der Waals surface area contributed by atoms with E-state index in [1.807, 2.05) is 0 Å². The predicted molar refractivity (Wildman–Crippen MR) is 115 cm³/mol. The third kappa shape index (κ3) is 5.07. The molecule has 0 spiro atoms. The van der Waals surface area contributed by atoms with Crippen molar-refractivity contribution in [2.45, 2.75) is 44.2 Å². The van der Waals surface area contributed by atoms with E-state index in [1.165, 1.54) is 7.11 Å². The monoisotopic (exact) mass is 444 g/mol. The standard InChI is InChI=1S/C22H25ClN4O4/c1-30-21-22(25-11-10-24-21)31-18-8-4-16(5-9-18)26-20(29)14-12-19(28)27(13-14)17-6-2-15(23)3-7-17/h2-3,6-7,10-11,14,16,18H,4-5,8-9,12-13H2,1H3,(H,26,29). The average molecular weight is 445 g/mol. The van der Waals surface area contributed by atoms with Gasteiger partial charge in [-0.25, -0.2) is 9.97 Å². The van der Waals surface area contributed by atoms with Gasteiger partial charge in [-0.2, -0.15) is 0 Å². The quantitative estimate of drug-likeness (QED) is 0.736. The highest BCUT2D eigenvalue weighted by Gasteiger charge is 2.36. The normalized spacial score (nSPS) is 23.5. The first-order chi connectivity index (χ1) is 15.0. The highest BCUT2D eigenvalue weighted by molar-refractivity contribution is 6.30. The van der Waals surface area contributed by atoms with Gasteiger partial charge in [-0.1, -0.05) is 11.6 Å². The molecule has 0 radical (unpaired) electrons. The van der Waals surface area contributed by atoms with Crippen LogP contribution in [0.15, 0.2) is 36.7 Å². The van der Waals surface area contributed by atoms with Crippen LogP contribution < -0.4 is 19.7 Å². The van der Waals surface area contributed by atoms with Gasteiger partial charge >= 0.3 is 0 Å². The Kier molecular flexibility index (Phi) is 6.56. The molecular formula is C22H25ClN4O4. The molecule has 9 heteroatoms. The van der Waals surface area contributed by atoms with Crippen LogP contribution in [0.1, 0.15) is 32.1 Å². The molecular weight excluding hydrogens is 420 g/mol. The fourth-order valence-electron chi connectivity index (χ4n) is 4.09. The third-order valence-electron chi connectivity index (χ3n) is 5.76. The van der Waals surface area contributed by atoms with E-state index < -0.39 is 0 Å². The van der Waals surface area contributed by atoms with Gasteiger partial charge in [0.1, 0.15) is 6.10 Å². The lowest BCUT2D eigenvalue weighted by molar-refractivity contribution is -0.127. The Bertz CT molecular complexity index is 931. The van der Waals surface area contributed by atoms with Gasteiger partial charge in [0.05, 0.1) is 13.0 Å². The zero-order valence-corrected chi connectivity index (χ0v) is 18.0. The summed E-state index contributed by atoms with van der Waals surface area (Å²) in [6.45, 7) is 0.386. The van der Waals surface area contributed by atoms with Gasteiger partial charge in [-0.15, -0.1) is 0 Å². The molecule has 1 saturated carbocycles. The summed E-state index contributed by atoms with van der Waals surface area (Å²) in [5.74, 6) is 0.307. The summed E-state index contributed by atoms with van der Waals surface area (Å²) >= 11 is 5.92. The maximum Gasteiger partial charge on any atom is 0.278 e. The smallest absolute Gasteiger partial charge is 0.278 e. The summed E-state index contributed by atoms with van der Waals surface area (Å²) in [6.07, 6.45) is 6.56. The van der Waals surface area contributed by atoms with E-state index in [1.54, 1.807) is 41.6 Å². The van der Waals surface area contributed by atoms with E-state index in [0.717, 1.165) is 31.4 Å². The molecule has 164 valence electrons. The van der Waals surface area contributed by atoms with Crippen molar-refractivity contribution in [2.75, 3.05) is 18.6 Å². The summed E-state index contributed by atoms with van der Waals surface area (Å²) in [4.78, 5) is 35.1. The van der Waals surface area contributed by atoms with Crippen LogP contribution in [-0.2, 0) is 9.59 Å². The van der Waals surface area contributed by atoms with Crippen molar-refractivity contribution in [1.29, 1.82) is 0 Å². The Morgan fingerprint density at radius 2 is 1.77 bits per heavy atom. The fourth-order valence-corrected chi connectivity index (χ4v) is 4.22. The summed E-state index contributed by atoms with van der Waals surface area (Å²) in [6, 6.07) is 7.17. The number of hydrogen-bond acceptors (Lipinski definition) is 6. The second-order valence-corrected chi connectivity index (χ2v) is 8.29. The number of nitrogens with zero attached hydrogens (tertiary/aromatic N) is 3. The Balaban J connectivity index is 1.26. The number of anilines is 1. The van der Waals surface area contributed by atoms with E-state index in [9.17, 15) is 9.59 Å². The van der Waals surface area contributed by atoms with E-state index in [0.29, 0.717) is 23.3 Å². The van der Waals surface area contributed by atoms with Crippen molar-refractivity contribution in [3.05, 3.63) is 41.7 Å². The summed E-state index contributed by atoms with van der Waals surface area (Å²) in [5.41, 5.74) is 0.766. The van der Waals surface area contributed by atoms with Crippen molar-refractivity contribution in [2.24, 2.45) is 5.92 Å². The van der Waals surface area contributed by atoms with E-state index in [-0.39, 0.29) is 36.3 Å². The van der Waals surface area contributed by atoms with Crippen LogP contribution in [0.5, 0.6) is 11.8 Å². The first kappa shape index (κ1) is 21.4. The van der Waals surface area contributed by atoms with Crippen LogP contribution in [0.3, 0.4) is 0 Å². The molecule has 1 N–H and O–H groups in total. The Morgan fingerprint density at radius 1 is 1.10 bits per heavy atom. The molecule has 2 amide bonds. The Labute approximate surface area is 185 Å². The average Bonchev–Trinajstić information content (AvgIpc) is 3.18. The molecule has 1 unspecified atom stereocenters. The maximum atomic E-state index is 12.8. The molecule has 1 saturated heterocycles. The first-order valence-electron chi connectivity index (χ1n) is 10.4. The van der Waals surface area contributed by atoms with Gasteiger partial charge in [0.2, 0.25) is 11.8 Å². The maximum absolute atomic E-state index is 12.8. The highest BCUT2D eigenvalue weighted by Crippen LogP contribution is 2.29. The second kappa shape index (κ2) is 9.51. The van der Waals surface area contributed by atoms with Crippen molar-refractivity contribution in [1.82, 2.24) is 15.3 Å². The minimum atomic E-state index is -0.346. The van der Waals surface area contributed by atoms with Gasteiger partial charge in [-0.05, 0) is 49.9 Å². The molecule has 1 aliphatic heterocycles. The highest BCUT2D eigenvalue weighted by atomic mass is 35.5. The molecule has 2 fully saturated rings. The number of rotatable bonds is 6. The van der Waals surface area contributed by atoms with Crippen molar-refractivity contribution in [3.8, 4) is 11.8 Å². The van der Waals surface area contributed by atoms with Crippen molar-refractivity contribution < 1.29 is 19.1 Å². The Morgan fingerprint density at radius 3 is 2.45 bits per heavy atom. The molecule has 2 aromatic rings. The van der Waals surface area contributed by atoms with Crippen LogP contribution >= 0.6 is 11.6 Å². The van der Waals surface area contributed by atoms with E-state index in [4.69, 9.17) is 21.1 Å². The number of ether oxygens (including phenoxy) is 2. The topological polar surface area (TPSA) is 93.6 Å². The number of halogens is 1. The summed E-state index contributed by atoms with van der Waals surface area (Å²) < 4.78 is 11.1. The largest absolute Gasteiger partial charge is 0.477 e.